The molecule has 1 aliphatic rings. The number of alkyl halides is 3. The van der Waals surface area contributed by atoms with Gasteiger partial charge in [0.15, 0.2) is 0 Å². The number of likely N-dealkylation sites (N-methyl/N-ethyl adjacent to an activating group) is 1. The Balaban J connectivity index is 1.61. The van der Waals surface area contributed by atoms with Crippen LogP contribution in [0.4, 0.5) is 24.8 Å². The normalized spacial score (nSPS) is 15.6. The minimum atomic E-state index is -4.38. The molecule has 6 nitrogen and oxygen atoms in total. The van der Waals surface area contributed by atoms with E-state index >= 15 is 0 Å². The Labute approximate surface area is 155 Å². The molecule has 2 aromatic rings. The Morgan fingerprint density at radius 1 is 1.07 bits per heavy atom. The van der Waals surface area contributed by atoms with E-state index in [0.717, 1.165) is 31.8 Å². The van der Waals surface area contributed by atoms with Crippen LogP contribution in [0.3, 0.4) is 0 Å². The molecule has 0 atom stereocenters. The number of carbonyl (C=O) groups is 1. The Morgan fingerprint density at radius 3 is 2.19 bits per heavy atom. The first kappa shape index (κ1) is 19.1. The number of halogens is 3. The molecule has 2 heterocycles. The van der Waals surface area contributed by atoms with Gasteiger partial charge in [0.1, 0.15) is 0 Å². The highest BCUT2D eigenvalue weighted by Crippen LogP contribution is 2.30. The van der Waals surface area contributed by atoms with Gasteiger partial charge in [-0.3, -0.25) is 4.79 Å². The number of carbonyl (C=O) groups excluding carboxylic acids is 1. The fraction of sp³-hybridized carbons (Fsp3) is 0.389. The van der Waals surface area contributed by atoms with Crippen LogP contribution in [0.5, 0.6) is 0 Å². The van der Waals surface area contributed by atoms with Gasteiger partial charge in [-0.1, -0.05) is 6.92 Å². The third kappa shape index (κ3) is 4.73. The molecule has 0 unspecified atom stereocenters. The van der Waals surface area contributed by atoms with Gasteiger partial charge in [0, 0.05) is 44.3 Å². The molecule has 0 bridgehead atoms. The van der Waals surface area contributed by atoms with Crippen LogP contribution in [-0.4, -0.2) is 58.4 Å². The molecule has 0 aliphatic carbocycles. The van der Waals surface area contributed by atoms with Crippen molar-refractivity contribution < 1.29 is 18.0 Å². The summed E-state index contributed by atoms with van der Waals surface area (Å²) < 4.78 is 37.7. The number of hydrogen-bond donors (Lipinski definition) is 1. The van der Waals surface area contributed by atoms with Crippen LogP contribution in [0.15, 0.2) is 36.7 Å². The lowest BCUT2D eigenvalue weighted by molar-refractivity contribution is -0.137. The van der Waals surface area contributed by atoms with Crippen molar-refractivity contribution in [3.05, 3.63) is 47.8 Å². The summed E-state index contributed by atoms with van der Waals surface area (Å²) in [5.41, 5.74) is 0.0914. The van der Waals surface area contributed by atoms with E-state index in [1.165, 1.54) is 24.5 Å². The van der Waals surface area contributed by atoms with E-state index in [2.05, 4.69) is 27.1 Å². The van der Waals surface area contributed by atoms with E-state index in [1.807, 2.05) is 0 Å². The summed E-state index contributed by atoms with van der Waals surface area (Å²) in [6, 6.07) is 4.57. The molecule has 3 rings (SSSR count). The number of benzene rings is 1. The zero-order valence-electron chi connectivity index (χ0n) is 14.8. The molecule has 27 heavy (non-hydrogen) atoms. The summed E-state index contributed by atoms with van der Waals surface area (Å²) in [6.45, 7) is 6.08. The number of nitrogens with one attached hydrogen (secondary N) is 1. The van der Waals surface area contributed by atoms with Crippen LogP contribution in [0, 0.1) is 0 Å². The van der Waals surface area contributed by atoms with Gasteiger partial charge in [0.2, 0.25) is 5.95 Å². The number of aromatic nitrogens is 2. The van der Waals surface area contributed by atoms with Gasteiger partial charge in [-0.2, -0.15) is 13.2 Å². The standard InChI is InChI=1S/C18H20F3N5O/c1-2-25-7-9-26(10-8-25)16(27)13-11-22-17(23-12-13)24-15-5-3-14(4-6-15)18(19,20)21/h3-6,11-12H,2,7-10H2,1H3,(H,22,23,24). The number of piperazine rings is 1. The Morgan fingerprint density at radius 2 is 1.67 bits per heavy atom. The van der Waals surface area contributed by atoms with E-state index in [9.17, 15) is 18.0 Å². The van der Waals surface area contributed by atoms with E-state index < -0.39 is 11.7 Å². The van der Waals surface area contributed by atoms with E-state index in [4.69, 9.17) is 0 Å². The fourth-order valence-electron chi connectivity index (χ4n) is 2.82. The van der Waals surface area contributed by atoms with Crippen molar-refractivity contribution in [3.63, 3.8) is 0 Å². The summed E-state index contributed by atoms with van der Waals surface area (Å²) in [7, 11) is 0. The predicted octanol–water partition coefficient (Wildman–Crippen LogP) is 3.02. The van der Waals surface area contributed by atoms with E-state index in [-0.39, 0.29) is 11.9 Å². The first-order valence-electron chi connectivity index (χ1n) is 8.65. The first-order chi connectivity index (χ1) is 12.9. The third-order valence-electron chi connectivity index (χ3n) is 4.47. The smallest absolute Gasteiger partial charge is 0.336 e. The van der Waals surface area contributed by atoms with E-state index in [0.29, 0.717) is 24.3 Å². The minimum absolute atomic E-state index is 0.119. The van der Waals surface area contributed by atoms with Crippen LogP contribution in [-0.2, 0) is 6.18 Å². The quantitative estimate of drug-likeness (QED) is 0.885. The number of anilines is 2. The summed E-state index contributed by atoms with van der Waals surface area (Å²) >= 11 is 0. The zero-order chi connectivity index (χ0) is 19.4. The van der Waals surface area contributed by atoms with Gasteiger partial charge in [-0.25, -0.2) is 9.97 Å². The SMILES string of the molecule is CCN1CCN(C(=O)c2cnc(Nc3ccc(C(F)(F)F)cc3)nc2)CC1. The average Bonchev–Trinajstić information content (AvgIpc) is 2.68. The monoisotopic (exact) mass is 379 g/mol. The summed E-state index contributed by atoms with van der Waals surface area (Å²) in [5.74, 6) is 0.0916. The van der Waals surface area contributed by atoms with Crippen LogP contribution >= 0.6 is 0 Å². The molecule has 144 valence electrons. The lowest BCUT2D eigenvalue weighted by Crippen LogP contribution is -2.48. The molecular weight excluding hydrogens is 359 g/mol. The van der Waals surface area contributed by atoms with Gasteiger partial charge in [-0.15, -0.1) is 0 Å². The Bertz CT molecular complexity index is 769. The van der Waals surface area contributed by atoms with Crippen molar-refractivity contribution in [3.8, 4) is 0 Å². The van der Waals surface area contributed by atoms with Gasteiger partial charge < -0.3 is 15.1 Å². The van der Waals surface area contributed by atoms with Crippen LogP contribution in [0.25, 0.3) is 0 Å². The second-order valence-corrected chi connectivity index (χ2v) is 6.22. The Hall–Kier alpha value is -2.68. The molecule has 0 radical (unpaired) electrons. The summed E-state index contributed by atoms with van der Waals surface area (Å²) in [5, 5.41) is 2.82. The number of amides is 1. The third-order valence-corrected chi connectivity index (χ3v) is 4.47. The van der Waals surface area contributed by atoms with Crippen LogP contribution in [0.2, 0.25) is 0 Å². The van der Waals surface area contributed by atoms with E-state index in [1.54, 1.807) is 4.90 Å². The highest BCUT2D eigenvalue weighted by molar-refractivity contribution is 5.93. The van der Waals surface area contributed by atoms with Gasteiger partial charge in [-0.05, 0) is 30.8 Å². The molecule has 0 saturated carbocycles. The molecule has 1 amide bonds. The first-order valence-corrected chi connectivity index (χ1v) is 8.65. The van der Waals surface area contributed by atoms with Gasteiger partial charge >= 0.3 is 6.18 Å². The van der Waals surface area contributed by atoms with Crippen molar-refractivity contribution >= 4 is 17.5 Å². The lowest BCUT2D eigenvalue weighted by Gasteiger charge is -2.33. The molecule has 1 saturated heterocycles. The predicted molar refractivity (Wildman–Crippen MR) is 94.8 cm³/mol. The number of hydrogen-bond acceptors (Lipinski definition) is 5. The molecule has 1 fully saturated rings. The van der Waals surface area contributed by atoms with Gasteiger partial charge in [0.05, 0.1) is 11.1 Å². The molecule has 1 N–H and O–H groups in total. The molecule has 1 aliphatic heterocycles. The molecule has 0 spiro atoms. The maximum atomic E-state index is 12.6. The number of rotatable bonds is 4. The maximum absolute atomic E-state index is 12.6. The molecular formula is C18H20F3N5O. The molecule has 1 aromatic carbocycles. The largest absolute Gasteiger partial charge is 0.416 e. The van der Waals surface area contributed by atoms with Crippen molar-refractivity contribution in [1.29, 1.82) is 0 Å². The zero-order valence-corrected chi connectivity index (χ0v) is 14.8. The van der Waals surface area contributed by atoms with Crippen molar-refractivity contribution in [2.75, 3.05) is 38.0 Å². The van der Waals surface area contributed by atoms with Crippen molar-refractivity contribution in [2.45, 2.75) is 13.1 Å². The van der Waals surface area contributed by atoms with Gasteiger partial charge in [0.25, 0.3) is 5.91 Å². The highest BCUT2D eigenvalue weighted by Gasteiger charge is 2.30. The lowest BCUT2D eigenvalue weighted by atomic mass is 10.2. The summed E-state index contributed by atoms with van der Waals surface area (Å²) in [6.07, 6.45) is -1.53. The average molecular weight is 379 g/mol. The fourth-order valence-corrected chi connectivity index (χ4v) is 2.82. The minimum Gasteiger partial charge on any atom is -0.336 e. The van der Waals surface area contributed by atoms with Crippen LogP contribution < -0.4 is 5.32 Å². The molecule has 1 aromatic heterocycles. The topological polar surface area (TPSA) is 61.4 Å². The highest BCUT2D eigenvalue weighted by atomic mass is 19.4. The second kappa shape index (κ2) is 7.91. The van der Waals surface area contributed by atoms with Crippen molar-refractivity contribution in [2.24, 2.45) is 0 Å². The number of nitrogens with zero attached hydrogens (tertiary/aromatic N) is 4. The molecule has 9 heteroatoms. The van der Waals surface area contributed by atoms with Crippen LogP contribution in [0.1, 0.15) is 22.8 Å². The maximum Gasteiger partial charge on any atom is 0.416 e. The summed E-state index contributed by atoms with van der Waals surface area (Å²) in [4.78, 5) is 24.7. The Kier molecular flexibility index (Phi) is 5.59. The second-order valence-electron chi connectivity index (χ2n) is 6.22. The van der Waals surface area contributed by atoms with Crippen molar-refractivity contribution in [1.82, 2.24) is 19.8 Å².